The molecule has 1 fully saturated rings. The fourth-order valence-corrected chi connectivity index (χ4v) is 3.78. The van der Waals surface area contributed by atoms with Crippen LogP contribution in [0, 0.1) is 6.92 Å². The lowest BCUT2D eigenvalue weighted by molar-refractivity contribution is -0.121. The standard InChI is InChI=1S/C18H15N5O2S/c1-12-7-9-13(10-8-12)22-16(24)11-15(17(22)25)26-18-19-20-21-23(18)14-5-3-2-4-6-14/h2-10,15H,11H2,1H3/t15-/m0/s1. The summed E-state index contributed by atoms with van der Waals surface area (Å²) in [6.07, 6.45) is 0.124. The zero-order valence-corrected chi connectivity index (χ0v) is 14.8. The number of benzene rings is 2. The molecular formula is C18H15N5O2S. The Bertz CT molecular complexity index is 955. The lowest BCUT2D eigenvalue weighted by Gasteiger charge is -2.15. The molecule has 0 aliphatic carbocycles. The number of nitrogens with zero attached hydrogens (tertiary/aromatic N) is 5. The first-order valence-electron chi connectivity index (χ1n) is 8.07. The number of imide groups is 1. The molecule has 130 valence electrons. The molecule has 0 spiro atoms. The molecule has 1 aliphatic heterocycles. The highest BCUT2D eigenvalue weighted by Gasteiger charge is 2.41. The van der Waals surface area contributed by atoms with Gasteiger partial charge in [-0.05, 0) is 41.6 Å². The van der Waals surface area contributed by atoms with Crippen molar-refractivity contribution in [2.45, 2.75) is 23.8 Å². The molecule has 3 aromatic rings. The first-order valence-corrected chi connectivity index (χ1v) is 8.95. The minimum atomic E-state index is -0.544. The fourth-order valence-electron chi connectivity index (χ4n) is 2.77. The van der Waals surface area contributed by atoms with Crippen molar-refractivity contribution in [2.75, 3.05) is 4.90 Å². The van der Waals surface area contributed by atoms with Crippen LogP contribution in [0.15, 0.2) is 59.8 Å². The molecule has 26 heavy (non-hydrogen) atoms. The summed E-state index contributed by atoms with van der Waals surface area (Å²) in [6.45, 7) is 1.96. The maximum atomic E-state index is 12.8. The number of aromatic nitrogens is 4. The van der Waals surface area contributed by atoms with E-state index < -0.39 is 5.25 Å². The summed E-state index contributed by atoms with van der Waals surface area (Å²) in [5, 5.41) is 11.6. The second-order valence-corrected chi connectivity index (χ2v) is 7.09. The fraction of sp³-hybridized carbons (Fsp3) is 0.167. The number of anilines is 1. The molecule has 1 saturated heterocycles. The minimum Gasteiger partial charge on any atom is -0.274 e. The highest BCUT2D eigenvalue weighted by molar-refractivity contribution is 8.00. The predicted molar refractivity (Wildman–Crippen MR) is 97.1 cm³/mol. The highest BCUT2D eigenvalue weighted by Crippen LogP contribution is 2.33. The van der Waals surface area contributed by atoms with Gasteiger partial charge in [0.1, 0.15) is 5.25 Å². The van der Waals surface area contributed by atoms with Crippen LogP contribution in [-0.2, 0) is 9.59 Å². The van der Waals surface area contributed by atoms with Gasteiger partial charge in [0.15, 0.2) is 0 Å². The lowest BCUT2D eigenvalue weighted by Crippen LogP contribution is -2.31. The van der Waals surface area contributed by atoms with E-state index in [2.05, 4.69) is 15.5 Å². The lowest BCUT2D eigenvalue weighted by atomic mass is 10.2. The van der Waals surface area contributed by atoms with Gasteiger partial charge in [0, 0.05) is 6.42 Å². The zero-order valence-electron chi connectivity index (χ0n) is 13.9. The van der Waals surface area contributed by atoms with E-state index >= 15 is 0 Å². The summed E-state index contributed by atoms with van der Waals surface area (Å²) < 4.78 is 1.57. The number of amides is 2. The molecule has 1 atom stereocenters. The van der Waals surface area contributed by atoms with Gasteiger partial charge in [0.2, 0.25) is 17.0 Å². The number of carbonyl (C=O) groups excluding carboxylic acids is 2. The molecule has 2 heterocycles. The van der Waals surface area contributed by atoms with Crippen molar-refractivity contribution in [3.05, 3.63) is 60.2 Å². The second-order valence-electron chi connectivity index (χ2n) is 5.92. The topological polar surface area (TPSA) is 81.0 Å². The first kappa shape index (κ1) is 16.5. The van der Waals surface area contributed by atoms with Gasteiger partial charge >= 0.3 is 0 Å². The predicted octanol–water partition coefficient (Wildman–Crippen LogP) is 2.39. The number of tetrazole rings is 1. The highest BCUT2D eigenvalue weighted by atomic mass is 32.2. The number of aryl methyl sites for hydroxylation is 1. The molecular weight excluding hydrogens is 350 g/mol. The Morgan fingerprint density at radius 2 is 1.73 bits per heavy atom. The average Bonchev–Trinajstić information content (AvgIpc) is 3.22. The average molecular weight is 365 g/mol. The Labute approximate surface area is 154 Å². The molecule has 8 heteroatoms. The second kappa shape index (κ2) is 6.72. The van der Waals surface area contributed by atoms with E-state index in [-0.39, 0.29) is 18.2 Å². The number of rotatable bonds is 4. The van der Waals surface area contributed by atoms with Crippen LogP contribution in [-0.4, -0.2) is 37.3 Å². The van der Waals surface area contributed by atoms with E-state index in [0.29, 0.717) is 10.8 Å². The van der Waals surface area contributed by atoms with Crippen LogP contribution in [0.3, 0.4) is 0 Å². The van der Waals surface area contributed by atoms with Crippen LogP contribution >= 0.6 is 11.8 Å². The van der Waals surface area contributed by atoms with Crippen molar-refractivity contribution in [3.63, 3.8) is 0 Å². The van der Waals surface area contributed by atoms with E-state index in [0.717, 1.165) is 11.3 Å². The first-order chi connectivity index (χ1) is 12.6. The van der Waals surface area contributed by atoms with E-state index in [1.807, 2.05) is 49.4 Å². The van der Waals surface area contributed by atoms with Crippen molar-refractivity contribution >= 4 is 29.3 Å². The van der Waals surface area contributed by atoms with Crippen LogP contribution in [0.4, 0.5) is 5.69 Å². The Morgan fingerprint density at radius 3 is 2.46 bits per heavy atom. The largest absolute Gasteiger partial charge is 0.274 e. The van der Waals surface area contributed by atoms with Crippen molar-refractivity contribution in [1.82, 2.24) is 20.2 Å². The van der Waals surface area contributed by atoms with E-state index in [4.69, 9.17) is 0 Å². The summed E-state index contributed by atoms with van der Waals surface area (Å²) in [5.41, 5.74) is 2.46. The Hall–Kier alpha value is -3.00. The Morgan fingerprint density at radius 1 is 1.00 bits per heavy atom. The smallest absolute Gasteiger partial charge is 0.247 e. The summed E-state index contributed by atoms with van der Waals surface area (Å²) in [5.74, 6) is -0.457. The number of hydrogen-bond acceptors (Lipinski definition) is 6. The van der Waals surface area contributed by atoms with E-state index in [1.165, 1.54) is 16.7 Å². The third-order valence-electron chi connectivity index (χ3n) is 4.09. The maximum absolute atomic E-state index is 12.8. The molecule has 0 radical (unpaired) electrons. The van der Waals surface area contributed by atoms with Crippen LogP contribution in [0.25, 0.3) is 5.69 Å². The summed E-state index contributed by atoms with van der Waals surface area (Å²) >= 11 is 1.21. The van der Waals surface area contributed by atoms with Crippen molar-refractivity contribution in [3.8, 4) is 5.69 Å². The van der Waals surface area contributed by atoms with Gasteiger partial charge in [0.05, 0.1) is 11.4 Å². The van der Waals surface area contributed by atoms with Gasteiger partial charge in [-0.3, -0.25) is 9.59 Å². The third-order valence-corrected chi connectivity index (χ3v) is 5.20. The molecule has 0 bridgehead atoms. The molecule has 1 aliphatic rings. The molecule has 0 saturated carbocycles. The Balaban J connectivity index is 1.57. The van der Waals surface area contributed by atoms with Gasteiger partial charge < -0.3 is 0 Å². The molecule has 4 rings (SSSR count). The van der Waals surface area contributed by atoms with Crippen LogP contribution < -0.4 is 4.90 Å². The number of thioether (sulfide) groups is 1. The minimum absolute atomic E-state index is 0.124. The number of hydrogen-bond donors (Lipinski definition) is 0. The van der Waals surface area contributed by atoms with Crippen LogP contribution in [0.5, 0.6) is 0 Å². The molecule has 7 nitrogen and oxygen atoms in total. The molecule has 0 N–H and O–H groups in total. The van der Waals surface area contributed by atoms with Crippen molar-refractivity contribution < 1.29 is 9.59 Å². The summed E-state index contributed by atoms with van der Waals surface area (Å²) in [4.78, 5) is 26.4. The van der Waals surface area contributed by atoms with Gasteiger partial charge in [-0.15, -0.1) is 5.10 Å². The quantitative estimate of drug-likeness (QED) is 0.661. The monoisotopic (exact) mass is 365 g/mol. The van der Waals surface area contributed by atoms with Crippen LogP contribution in [0.1, 0.15) is 12.0 Å². The SMILES string of the molecule is Cc1ccc(N2C(=O)C[C@H](Sc3nnnn3-c3ccccc3)C2=O)cc1. The van der Waals surface area contributed by atoms with Crippen molar-refractivity contribution in [1.29, 1.82) is 0 Å². The maximum Gasteiger partial charge on any atom is 0.247 e. The van der Waals surface area contributed by atoms with Gasteiger partial charge in [0.25, 0.3) is 0 Å². The van der Waals surface area contributed by atoms with Gasteiger partial charge in [-0.2, -0.15) is 4.68 Å². The van der Waals surface area contributed by atoms with E-state index in [1.54, 1.807) is 16.8 Å². The summed E-state index contributed by atoms with van der Waals surface area (Å²) in [6, 6.07) is 16.8. The van der Waals surface area contributed by atoms with Gasteiger partial charge in [-0.25, -0.2) is 4.90 Å². The normalized spacial score (nSPS) is 17.1. The Kier molecular flexibility index (Phi) is 4.26. The molecule has 2 amide bonds. The van der Waals surface area contributed by atoms with Crippen LogP contribution in [0.2, 0.25) is 0 Å². The number of para-hydroxylation sites is 1. The van der Waals surface area contributed by atoms with Crippen molar-refractivity contribution in [2.24, 2.45) is 0 Å². The third kappa shape index (κ3) is 2.99. The molecule has 0 unspecified atom stereocenters. The molecule has 1 aromatic heterocycles. The molecule has 2 aromatic carbocycles. The zero-order chi connectivity index (χ0) is 18.1. The van der Waals surface area contributed by atoms with Gasteiger partial charge in [-0.1, -0.05) is 47.7 Å². The number of carbonyl (C=O) groups is 2. The summed E-state index contributed by atoms with van der Waals surface area (Å²) in [7, 11) is 0. The van der Waals surface area contributed by atoms with E-state index in [9.17, 15) is 9.59 Å².